The van der Waals surface area contributed by atoms with Crippen molar-refractivity contribution in [2.24, 2.45) is 5.10 Å². The molecule has 0 aliphatic carbocycles. The van der Waals surface area contributed by atoms with Gasteiger partial charge in [0, 0.05) is 18.5 Å². The van der Waals surface area contributed by atoms with Gasteiger partial charge >= 0.3 is 5.97 Å². The fraction of sp³-hybridized carbons (Fsp3) is 0.238. The quantitative estimate of drug-likeness (QED) is 0.384. The van der Waals surface area contributed by atoms with E-state index in [1.54, 1.807) is 30.3 Å². The molecular weight excluding hydrogens is 374 g/mol. The van der Waals surface area contributed by atoms with Crippen LogP contribution >= 0.6 is 0 Å². The van der Waals surface area contributed by atoms with Gasteiger partial charge in [0.25, 0.3) is 0 Å². The molecular formula is C21H23N3O5. The minimum Gasteiger partial charge on any atom is -0.482 e. The number of hydrogen-bond donors (Lipinski definition) is 2. The third-order valence-corrected chi connectivity index (χ3v) is 3.84. The van der Waals surface area contributed by atoms with Gasteiger partial charge in [-0.15, -0.1) is 0 Å². The van der Waals surface area contributed by atoms with Gasteiger partial charge in [0.1, 0.15) is 5.75 Å². The van der Waals surface area contributed by atoms with Crippen LogP contribution in [0.5, 0.6) is 5.75 Å². The number of aryl methyl sites for hydroxylation is 1. The fourth-order valence-electron chi connectivity index (χ4n) is 2.27. The first kappa shape index (κ1) is 21.6. The van der Waals surface area contributed by atoms with Gasteiger partial charge in [-0.2, -0.15) is 5.10 Å². The molecule has 8 nitrogen and oxygen atoms in total. The van der Waals surface area contributed by atoms with E-state index in [9.17, 15) is 14.4 Å². The predicted molar refractivity (Wildman–Crippen MR) is 109 cm³/mol. The molecule has 0 saturated carbocycles. The van der Waals surface area contributed by atoms with Gasteiger partial charge in [0.2, 0.25) is 11.8 Å². The van der Waals surface area contributed by atoms with Crippen molar-refractivity contribution in [2.45, 2.75) is 19.8 Å². The molecule has 2 aromatic carbocycles. The number of benzene rings is 2. The zero-order valence-corrected chi connectivity index (χ0v) is 16.3. The summed E-state index contributed by atoms with van der Waals surface area (Å²) in [6.45, 7) is 1.70. The van der Waals surface area contributed by atoms with Crippen LogP contribution in [0.15, 0.2) is 53.6 Å². The van der Waals surface area contributed by atoms with Crippen molar-refractivity contribution < 1.29 is 23.9 Å². The summed E-state index contributed by atoms with van der Waals surface area (Å²) < 4.78 is 9.79. The van der Waals surface area contributed by atoms with Crippen LogP contribution in [0.1, 0.15) is 24.0 Å². The summed E-state index contributed by atoms with van der Waals surface area (Å²) in [7, 11) is 1.28. The molecule has 0 saturated heterocycles. The SMILES string of the molecule is COC(=O)COc1cccc(C=NNC(=O)CCC(=O)Nc2ccccc2C)c1. The first-order chi connectivity index (χ1) is 14.0. The Morgan fingerprint density at radius 3 is 2.55 bits per heavy atom. The molecule has 0 radical (unpaired) electrons. The molecule has 0 fully saturated rings. The highest BCUT2D eigenvalue weighted by Gasteiger charge is 2.08. The molecule has 2 rings (SSSR count). The van der Waals surface area contributed by atoms with Gasteiger partial charge in [0.05, 0.1) is 13.3 Å². The number of nitrogens with zero attached hydrogens (tertiary/aromatic N) is 1. The lowest BCUT2D eigenvalue weighted by Crippen LogP contribution is -2.20. The molecule has 8 heteroatoms. The number of nitrogens with one attached hydrogen (secondary N) is 2. The fourth-order valence-corrected chi connectivity index (χ4v) is 2.27. The number of ether oxygens (including phenoxy) is 2. The van der Waals surface area contributed by atoms with Crippen LogP contribution in [-0.4, -0.2) is 37.7 Å². The molecule has 152 valence electrons. The second-order valence-electron chi connectivity index (χ2n) is 6.09. The Labute approximate surface area is 168 Å². The van der Waals surface area contributed by atoms with Crippen LogP contribution < -0.4 is 15.5 Å². The Balaban J connectivity index is 1.75. The summed E-state index contributed by atoms with van der Waals surface area (Å²) in [5.74, 6) is -0.630. The Morgan fingerprint density at radius 2 is 1.79 bits per heavy atom. The van der Waals surface area contributed by atoms with E-state index in [2.05, 4.69) is 20.6 Å². The predicted octanol–water partition coefficient (Wildman–Crippen LogP) is 2.42. The Kier molecular flexibility index (Phi) is 8.37. The van der Waals surface area contributed by atoms with Crippen LogP contribution in [0, 0.1) is 6.92 Å². The highest BCUT2D eigenvalue weighted by atomic mass is 16.6. The molecule has 0 atom stereocenters. The number of anilines is 1. The molecule has 0 aliphatic rings. The summed E-state index contributed by atoms with van der Waals surface area (Å²) in [6, 6.07) is 14.3. The average Bonchev–Trinajstić information content (AvgIpc) is 2.72. The monoisotopic (exact) mass is 397 g/mol. The van der Waals surface area contributed by atoms with Crippen LogP contribution in [0.2, 0.25) is 0 Å². The van der Waals surface area contributed by atoms with E-state index < -0.39 is 5.97 Å². The van der Waals surface area contributed by atoms with E-state index in [0.717, 1.165) is 11.3 Å². The molecule has 2 amide bonds. The highest BCUT2D eigenvalue weighted by molar-refractivity contribution is 5.94. The Hall–Kier alpha value is -3.68. The van der Waals surface area contributed by atoms with Crippen molar-refractivity contribution in [3.8, 4) is 5.75 Å². The summed E-state index contributed by atoms with van der Waals surface area (Å²) in [5, 5.41) is 6.64. The largest absolute Gasteiger partial charge is 0.482 e. The van der Waals surface area contributed by atoms with Crippen LogP contribution in [0.4, 0.5) is 5.69 Å². The van der Waals surface area contributed by atoms with E-state index >= 15 is 0 Å². The molecule has 29 heavy (non-hydrogen) atoms. The van der Waals surface area contributed by atoms with Crippen LogP contribution in [0.3, 0.4) is 0 Å². The Bertz CT molecular complexity index is 895. The maximum atomic E-state index is 12.0. The van der Waals surface area contributed by atoms with Crippen molar-refractivity contribution in [2.75, 3.05) is 19.0 Å². The van der Waals surface area contributed by atoms with Gasteiger partial charge in [-0.1, -0.05) is 30.3 Å². The van der Waals surface area contributed by atoms with Crippen molar-refractivity contribution in [1.29, 1.82) is 0 Å². The lowest BCUT2D eigenvalue weighted by atomic mass is 10.2. The minimum atomic E-state index is -0.484. The molecule has 0 unspecified atom stereocenters. The maximum Gasteiger partial charge on any atom is 0.343 e. The van der Waals surface area contributed by atoms with Crippen molar-refractivity contribution in [3.05, 3.63) is 59.7 Å². The zero-order chi connectivity index (χ0) is 21.1. The van der Waals surface area contributed by atoms with Crippen LogP contribution in [0.25, 0.3) is 0 Å². The smallest absolute Gasteiger partial charge is 0.343 e. The number of amides is 2. The highest BCUT2D eigenvalue weighted by Crippen LogP contribution is 2.14. The molecule has 2 N–H and O–H groups in total. The number of hydrazone groups is 1. The van der Waals surface area contributed by atoms with Gasteiger partial charge in [0.15, 0.2) is 6.61 Å². The Morgan fingerprint density at radius 1 is 1.03 bits per heavy atom. The summed E-state index contributed by atoms with van der Waals surface area (Å²) in [5.41, 5.74) is 4.73. The van der Waals surface area contributed by atoms with Gasteiger partial charge in [-0.3, -0.25) is 9.59 Å². The molecule has 0 heterocycles. The lowest BCUT2D eigenvalue weighted by Gasteiger charge is -2.07. The topological polar surface area (TPSA) is 106 Å². The summed E-state index contributed by atoms with van der Waals surface area (Å²) >= 11 is 0. The maximum absolute atomic E-state index is 12.0. The van der Waals surface area contributed by atoms with Crippen LogP contribution in [-0.2, 0) is 19.1 Å². The van der Waals surface area contributed by atoms with E-state index in [4.69, 9.17) is 4.74 Å². The van der Waals surface area contributed by atoms with Gasteiger partial charge in [-0.25, -0.2) is 10.2 Å². The van der Waals surface area contributed by atoms with E-state index in [0.29, 0.717) is 11.3 Å². The standard InChI is InChI=1S/C21H23N3O5/c1-15-6-3-4-9-18(15)23-19(25)10-11-20(26)24-22-13-16-7-5-8-17(12-16)29-14-21(27)28-2/h3-9,12-13H,10-11,14H2,1-2H3,(H,23,25)(H,24,26). The second kappa shape index (κ2) is 11.2. The number of hydrogen-bond acceptors (Lipinski definition) is 6. The third-order valence-electron chi connectivity index (χ3n) is 3.84. The van der Waals surface area contributed by atoms with E-state index in [1.807, 2.05) is 25.1 Å². The number of carbonyl (C=O) groups excluding carboxylic acids is 3. The van der Waals surface area contributed by atoms with Crippen molar-refractivity contribution in [3.63, 3.8) is 0 Å². The van der Waals surface area contributed by atoms with Gasteiger partial charge in [-0.05, 0) is 36.2 Å². The second-order valence-corrected chi connectivity index (χ2v) is 6.09. The third kappa shape index (κ3) is 7.84. The molecule has 0 aromatic heterocycles. The van der Waals surface area contributed by atoms with E-state index in [1.165, 1.54) is 13.3 Å². The number of rotatable bonds is 9. The molecule has 0 spiro atoms. The normalized spacial score (nSPS) is 10.4. The van der Waals surface area contributed by atoms with E-state index in [-0.39, 0.29) is 31.3 Å². The molecule has 2 aromatic rings. The average molecular weight is 397 g/mol. The molecule has 0 bridgehead atoms. The number of esters is 1. The molecule has 0 aliphatic heterocycles. The zero-order valence-electron chi connectivity index (χ0n) is 16.3. The number of carbonyl (C=O) groups is 3. The van der Waals surface area contributed by atoms with Crippen molar-refractivity contribution in [1.82, 2.24) is 5.43 Å². The lowest BCUT2D eigenvalue weighted by molar-refractivity contribution is -0.142. The summed E-state index contributed by atoms with van der Waals surface area (Å²) in [4.78, 5) is 34.9. The number of methoxy groups -OCH3 is 1. The summed E-state index contributed by atoms with van der Waals surface area (Å²) in [6.07, 6.45) is 1.50. The minimum absolute atomic E-state index is 0.0112. The van der Waals surface area contributed by atoms with Gasteiger partial charge < -0.3 is 14.8 Å². The van der Waals surface area contributed by atoms with Crippen molar-refractivity contribution >= 4 is 29.7 Å². The number of para-hydroxylation sites is 1. The first-order valence-corrected chi connectivity index (χ1v) is 8.95. The first-order valence-electron chi connectivity index (χ1n) is 8.95.